The monoisotopic (exact) mass is 384 g/mol. The first-order valence-corrected chi connectivity index (χ1v) is 8.63. The molecule has 138 valence electrons. The Kier molecular flexibility index (Phi) is 5.52. The highest BCUT2D eigenvalue weighted by Crippen LogP contribution is 2.13. The van der Waals surface area contributed by atoms with Gasteiger partial charge >= 0.3 is 0 Å². The van der Waals surface area contributed by atoms with Gasteiger partial charge in [0.05, 0.1) is 5.39 Å². The van der Waals surface area contributed by atoms with Gasteiger partial charge in [0.15, 0.2) is 5.69 Å². The molecule has 0 saturated heterocycles. The lowest BCUT2D eigenvalue weighted by Crippen LogP contribution is -2.42. The summed E-state index contributed by atoms with van der Waals surface area (Å²) in [6.07, 6.45) is 0.712. The number of hydrazine groups is 1. The Morgan fingerprint density at radius 1 is 1.04 bits per heavy atom. The summed E-state index contributed by atoms with van der Waals surface area (Å²) in [6.45, 7) is 0. The smallest absolute Gasteiger partial charge is 0.273 e. The number of amides is 2. The summed E-state index contributed by atoms with van der Waals surface area (Å²) in [6, 6.07) is 13.9. The standard InChI is InChI=1S/C19H17ClN4O3/c1-24-19(27)15-5-3-2-4-14(15)17(23-24)18(26)22-21-16(25)11-8-12-6-9-13(20)10-7-12/h2-7,9-10H,8,11H2,1H3,(H,21,25)(H,22,26). The zero-order valence-electron chi connectivity index (χ0n) is 14.5. The molecule has 3 rings (SSSR count). The second-order valence-corrected chi connectivity index (χ2v) is 6.39. The molecule has 0 aliphatic carbocycles. The molecule has 0 fully saturated rings. The van der Waals surface area contributed by atoms with Gasteiger partial charge in [-0.3, -0.25) is 25.2 Å². The molecule has 0 aliphatic heterocycles. The van der Waals surface area contributed by atoms with Crippen LogP contribution in [0.4, 0.5) is 0 Å². The van der Waals surface area contributed by atoms with Crippen molar-refractivity contribution in [1.29, 1.82) is 0 Å². The molecule has 1 heterocycles. The van der Waals surface area contributed by atoms with Gasteiger partial charge in [0.25, 0.3) is 11.5 Å². The zero-order valence-corrected chi connectivity index (χ0v) is 15.3. The molecule has 27 heavy (non-hydrogen) atoms. The van der Waals surface area contributed by atoms with Crippen LogP contribution in [-0.4, -0.2) is 21.6 Å². The second kappa shape index (κ2) is 8.01. The van der Waals surface area contributed by atoms with Gasteiger partial charge in [-0.25, -0.2) is 4.68 Å². The van der Waals surface area contributed by atoms with E-state index in [4.69, 9.17) is 11.6 Å². The highest BCUT2D eigenvalue weighted by molar-refractivity contribution is 6.30. The number of nitrogens with zero attached hydrogens (tertiary/aromatic N) is 2. The van der Waals surface area contributed by atoms with E-state index in [0.717, 1.165) is 10.2 Å². The third kappa shape index (κ3) is 4.32. The first-order chi connectivity index (χ1) is 13.0. The number of fused-ring (bicyclic) bond motifs is 1. The summed E-state index contributed by atoms with van der Waals surface area (Å²) in [5, 5.41) is 5.45. The SMILES string of the molecule is Cn1nc(C(=O)NNC(=O)CCc2ccc(Cl)cc2)c2ccccc2c1=O. The van der Waals surface area contributed by atoms with Crippen LogP contribution in [0.2, 0.25) is 5.02 Å². The summed E-state index contributed by atoms with van der Waals surface area (Å²) < 4.78 is 1.10. The van der Waals surface area contributed by atoms with E-state index in [1.165, 1.54) is 7.05 Å². The normalized spacial score (nSPS) is 10.6. The first kappa shape index (κ1) is 18.6. The van der Waals surface area contributed by atoms with E-state index < -0.39 is 5.91 Å². The van der Waals surface area contributed by atoms with Crippen molar-refractivity contribution >= 4 is 34.2 Å². The number of carbonyl (C=O) groups excluding carboxylic acids is 2. The summed E-state index contributed by atoms with van der Waals surface area (Å²) >= 11 is 5.83. The van der Waals surface area contributed by atoms with Crippen molar-refractivity contribution in [3.63, 3.8) is 0 Å². The number of aryl methyl sites for hydroxylation is 2. The van der Waals surface area contributed by atoms with E-state index in [9.17, 15) is 14.4 Å². The van der Waals surface area contributed by atoms with Crippen LogP contribution in [0.3, 0.4) is 0 Å². The molecule has 1 aromatic heterocycles. The van der Waals surface area contributed by atoms with Crippen LogP contribution in [0.5, 0.6) is 0 Å². The molecule has 0 atom stereocenters. The minimum absolute atomic E-state index is 0.0608. The van der Waals surface area contributed by atoms with E-state index >= 15 is 0 Å². The Labute approximate surface area is 159 Å². The third-order valence-corrected chi connectivity index (χ3v) is 4.29. The summed E-state index contributed by atoms with van der Waals surface area (Å²) in [5.74, 6) is -0.936. The minimum atomic E-state index is -0.596. The second-order valence-electron chi connectivity index (χ2n) is 5.95. The number of benzene rings is 2. The Bertz CT molecular complexity index is 1060. The van der Waals surface area contributed by atoms with Gasteiger partial charge in [0.2, 0.25) is 5.91 Å². The molecule has 0 aliphatic rings. The predicted octanol–water partition coefficient (Wildman–Crippen LogP) is 1.98. The highest BCUT2D eigenvalue weighted by Gasteiger charge is 2.16. The van der Waals surface area contributed by atoms with Crippen LogP contribution in [0.1, 0.15) is 22.5 Å². The van der Waals surface area contributed by atoms with Gasteiger partial charge in [0, 0.05) is 23.9 Å². The fourth-order valence-electron chi connectivity index (χ4n) is 2.62. The third-order valence-electron chi connectivity index (χ3n) is 4.04. The first-order valence-electron chi connectivity index (χ1n) is 8.25. The summed E-state index contributed by atoms with van der Waals surface area (Å²) in [7, 11) is 1.47. The molecule has 0 unspecified atom stereocenters. The molecule has 2 aromatic carbocycles. The Hall–Kier alpha value is -3.19. The summed E-state index contributed by atoms with van der Waals surface area (Å²) in [4.78, 5) is 36.5. The van der Waals surface area contributed by atoms with Crippen molar-refractivity contribution in [2.45, 2.75) is 12.8 Å². The number of aromatic nitrogens is 2. The highest BCUT2D eigenvalue weighted by atomic mass is 35.5. The number of hydrogen-bond acceptors (Lipinski definition) is 4. The van der Waals surface area contributed by atoms with Gasteiger partial charge in [-0.05, 0) is 30.2 Å². The average molecular weight is 385 g/mol. The lowest BCUT2D eigenvalue weighted by molar-refractivity contribution is -0.121. The molecular formula is C19H17ClN4O3. The van der Waals surface area contributed by atoms with Crippen molar-refractivity contribution in [1.82, 2.24) is 20.6 Å². The number of rotatable bonds is 4. The van der Waals surface area contributed by atoms with Gasteiger partial charge in [-0.2, -0.15) is 5.10 Å². The molecule has 0 bridgehead atoms. The van der Waals surface area contributed by atoms with Gasteiger partial charge in [-0.15, -0.1) is 0 Å². The van der Waals surface area contributed by atoms with E-state index in [1.807, 2.05) is 12.1 Å². The van der Waals surface area contributed by atoms with Crippen LogP contribution < -0.4 is 16.4 Å². The molecule has 2 amide bonds. The molecule has 8 heteroatoms. The number of hydrogen-bond donors (Lipinski definition) is 2. The van der Waals surface area contributed by atoms with Gasteiger partial charge in [0.1, 0.15) is 0 Å². The van der Waals surface area contributed by atoms with Crippen LogP contribution in [0.25, 0.3) is 10.8 Å². The largest absolute Gasteiger partial charge is 0.290 e. The minimum Gasteiger partial charge on any atom is -0.273 e. The van der Waals surface area contributed by atoms with E-state index in [1.54, 1.807) is 36.4 Å². The molecule has 2 N–H and O–H groups in total. The van der Waals surface area contributed by atoms with E-state index in [0.29, 0.717) is 22.2 Å². The van der Waals surface area contributed by atoms with Crippen molar-refractivity contribution in [2.24, 2.45) is 7.05 Å². The maximum Gasteiger partial charge on any atom is 0.290 e. The van der Waals surface area contributed by atoms with Crippen molar-refractivity contribution in [3.8, 4) is 0 Å². The van der Waals surface area contributed by atoms with E-state index in [-0.39, 0.29) is 23.6 Å². The molecule has 0 spiro atoms. The number of halogens is 1. The molecular weight excluding hydrogens is 368 g/mol. The summed E-state index contributed by atoms with van der Waals surface area (Å²) in [5.41, 5.74) is 5.44. The fourth-order valence-corrected chi connectivity index (χ4v) is 2.75. The molecule has 7 nitrogen and oxygen atoms in total. The van der Waals surface area contributed by atoms with Crippen LogP contribution in [0.15, 0.2) is 53.3 Å². The quantitative estimate of drug-likeness (QED) is 0.673. The van der Waals surface area contributed by atoms with Gasteiger partial charge < -0.3 is 0 Å². The molecule has 3 aromatic rings. The average Bonchev–Trinajstić information content (AvgIpc) is 2.68. The van der Waals surface area contributed by atoms with Crippen LogP contribution in [0, 0.1) is 0 Å². The lowest BCUT2D eigenvalue weighted by atomic mass is 10.1. The molecule has 0 radical (unpaired) electrons. The Morgan fingerprint density at radius 2 is 1.70 bits per heavy atom. The van der Waals surface area contributed by atoms with Crippen LogP contribution in [-0.2, 0) is 18.3 Å². The maximum absolute atomic E-state index is 12.4. The predicted molar refractivity (Wildman–Crippen MR) is 102 cm³/mol. The topological polar surface area (TPSA) is 93.1 Å². The zero-order chi connectivity index (χ0) is 19.4. The molecule has 0 saturated carbocycles. The Balaban J connectivity index is 1.65. The van der Waals surface area contributed by atoms with Crippen molar-refractivity contribution < 1.29 is 9.59 Å². The number of nitrogens with one attached hydrogen (secondary N) is 2. The maximum atomic E-state index is 12.4. The van der Waals surface area contributed by atoms with Crippen molar-refractivity contribution in [2.75, 3.05) is 0 Å². The lowest BCUT2D eigenvalue weighted by Gasteiger charge is -2.10. The fraction of sp³-hybridized carbons (Fsp3) is 0.158. The Morgan fingerprint density at radius 3 is 2.41 bits per heavy atom. The van der Waals surface area contributed by atoms with Gasteiger partial charge in [-0.1, -0.05) is 41.9 Å². The van der Waals surface area contributed by atoms with Crippen LogP contribution >= 0.6 is 11.6 Å². The van der Waals surface area contributed by atoms with Crippen molar-refractivity contribution in [3.05, 3.63) is 75.2 Å². The van der Waals surface area contributed by atoms with E-state index in [2.05, 4.69) is 16.0 Å². The number of carbonyl (C=O) groups is 2.